The van der Waals surface area contributed by atoms with E-state index in [2.05, 4.69) is 16.7 Å². The third kappa shape index (κ3) is 2.80. The topological polar surface area (TPSA) is 61.4 Å². The SMILES string of the molecule is O=C(NCC(O)C1CC1)c1cccc2c1CCNC2. The molecular weight excluding hydrogens is 240 g/mol. The van der Waals surface area contributed by atoms with Crippen LogP contribution in [0.3, 0.4) is 0 Å². The van der Waals surface area contributed by atoms with Crippen molar-refractivity contribution in [1.29, 1.82) is 0 Å². The van der Waals surface area contributed by atoms with Gasteiger partial charge in [0.25, 0.3) is 5.91 Å². The highest BCUT2D eigenvalue weighted by atomic mass is 16.3. The van der Waals surface area contributed by atoms with Crippen LogP contribution >= 0.6 is 0 Å². The van der Waals surface area contributed by atoms with E-state index in [9.17, 15) is 9.90 Å². The summed E-state index contributed by atoms with van der Waals surface area (Å²) in [5.41, 5.74) is 3.13. The van der Waals surface area contributed by atoms with Gasteiger partial charge < -0.3 is 15.7 Å². The van der Waals surface area contributed by atoms with E-state index in [1.54, 1.807) is 0 Å². The number of nitrogens with one attached hydrogen (secondary N) is 2. The molecule has 1 amide bonds. The Morgan fingerprint density at radius 3 is 3.11 bits per heavy atom. The predicted molar refractivity (Wildman–Crippen MR) is 72.9 cm³/mol. The molecular formula is C15H20N2O2. The molecule has 4 nitrogen and oxygen atoms in total. The largest absolute Gasteiger partial charge is 0.391 e. The van der Waals surface area contributed by atoms with Crippen molar-refractivity contribution >= 4 is 5.91 Å². The highest BCUT2D eigenvalue weighted by Crippen LogP contribution is 2.32. The average molecular weight is 260 g/mol. The summed E-state index contributed by atoms with van der Waals surface area (Å²) >= 11 is 0. The van der Waals surface area contributed by atoms with E-state index in [1.807, 2.05) is 12.1 Å². The standard InChI is InChI=1S/C15H20N2O2/c18-14(10-4-5-10)9-17-15(19)13-3-1-2-11-8-16-7-6-12(11)13/h1-3,10,14,16,18H,4-9H2,(H,17,19). The minimum Gasteiger partial charge on any atom is -0.391 e. The lowest BCUT2D eigenvalue weighted by atomic mass is 9.95. The molecule has 0 aromatic heterocycles. The molecule has 4 heteroatoms. The first-order chi connectivity index (χ1) is 9.25. The summed E-state index contributed by atoms with van der Waals surface area (Å²) < 4.78 is 0. The Morgan fingerprint density at radius 2 is 2.32 bits per heavy atom. The highest BCUT2D eigenvalue weighted by Gasteiger charge is 2.30. The third-order valence-corrected chi connectivity index (χ3v) is 4.02. The van der Waals surface area contributed by atoms with Crippen molar-refractivity contribution in [3.63, 3.8) is 0 Å². The van der Waals surface area contributed by atoms with Gasteiger partial charge in [-0.15, -0.1) is 0 Å². The number of hydrogen-bond donors (Lipinski definition) is 3. The Bertz CT molecular complexity index is 483. The minimum atomic E-state index is -0.384. The maximum absolute atomic E-state index is 12.2. The van der Waals surface area contributed by atoms with Gasteiger partial charge in [-0.3, -0.25) is 4.79 Å². The molecule has 3 N–H and O–H groups in total. The first-order valence-electron chi connectivity index (χ1n) is 7.03. The second kappa shape index (κ2) is 5.31. The molecule has 1 fully saturated rings. The summed E-state index contributed by atoms with van der Waals surface area (Å²) in [4.78, 5) is 12.2. The monoisotopic (exact) mass is 260 g/mol. The zero-order chi connectivity index (χ0) is 13.2. The fraction of sp³-hybridized carbons (Fsp3) is 0.533. The van der Waals surface area contributed by atoms with Crippen molar-refractivity contribution in [2.45, 2.75) is 31.9 Å². The van der Waals surface area contributed by atoms with Crippen LogP contribution in [0.15, 0.2) is 18.2 Å². The van der Waals surface area contributed by atoms with Gasteiger partial charge in [-0.05, 0) is 48.9 Å². The Labute approximate surface area is 113 Å². The van der Waals surface area contributed by atoms with E-state index >= 15 is 0 Å². The van der Waals surface area contributed by atoms with Gasteiger partial charge in [-0.25, -0.2) is 0 Å². The molecule has 102 valence electrons. The molecule has 1 aliphatic heterocycles. The zero-order valence-electron chi connectivity index (χ0n) is 11.0. The molecule has 0 saturated heterocycles. The molecule has 1 unspecified atom stereocenters. The molecule has 1 aromatic carbocycles. The van der Waals surface area contributed by atoms with Crippen molar-refractivity contribution in [2.75, 3.05) is 13.1 Å². The van der Waals surface area contributed by atoms with Crippen molar-refractivity contribution in [2.24, 2.45) is 5.92 Å². The molecule has 1 saturated carbocycles. The second-order valence-electron chi connectivity index (χ2n) is 5.48. The van der Waals surface area contributed by atoms with E-state index in [0.717, 1.165) is 43.5 Å². The van der Waals surface area contributed by atoms with Crippen LogP contribution in [0.25, 0.3) is 0 Å². The van der Waals surface area contributed by atoms with E-state index in [4.69, 9.17) is 0 Å². The Kier molecular flexibility index (Phi) is 3.53. The summed E-state index contributed by atoms with van der Waals surface area (Å²) in [6.45, 7) is 2.12. The van der Waals surface area contributed by atoms with Gasteiger partial charge in [0.2, 0.25) is 0 Å². The van der Waals surface area contributed by atoms with Gasteiger partial charge >= 0.3 is 0 Å². The van der Waals surface area contributed by atoms with Crippen LogP contribution in [0.2, 0.25) is 0 Å². The van der Waals surface area contributed by atoms with Crippen molar-refractivity contribution in [3.05, 3.63) is 34.9 Å². The third-order valence-electron chi connectivity index (χ3n) is 4.02. The van der Waals surface area contributed by atoms with Gasteiger partial charge in [0.15, 0.2) is 0 Å². The fourth-order valence-corrected chi connectivity index (χ4v) is 2.68. The Hall–Kier alpha value is -1.39. The lowest BCUT2D eigenvalue weighted by Crippen LogP contribution is -2.34. The van der Waals surface area contributed by atoms with E-state index in [0.29, 0.717) is 12.5 Å². The molecule has 0 radical (unpaired) electrons. The van der Waals surface area contributed by atoms with Crippen molar-refractivity contribution < 1.29 is 9.90 Å². The van der Waals surface area contributed by atoms with Crippen LogP contribution in [-0.4, -0.2) is 30.2 Å². The number of benzene rings is 1. The second-order valence-corrected chi connectivity index (χ2v) is 5.48. The van der Waals surface area contributed by atoms with Crippen LogP contribution < -0.4 is 10.6 Å². The maximum atomic E-state index is 12.2. The molecule has 1 aliphatic carbocycles. The van der Waals surface area contributed by atoms with Gasteiger partial charge in [0, 0.05) is 18.7 Å². The van der Waals surface area contributed by atoms with E-state index in [-0.39, 0.29) is 12.0 Å². The molecule has 1 atom stereocenters. The number of hydrogen-bond acceptors (Lipinski definition) is 3. The number of rotatable bonds is 4. The molecule has 1 heterocycles. The van der Waals surface area contributed by atoms with Gasteiger partial charge in [-0.2, -0.15) is 0 Å². The molecule has 2 aliphatic rings. The normalized spacial score (nSPS) is 19.6. The molecule has 1 aromatic rings. The van der Waals surface area contributed by atoms with E-state index in [1.165, 1.54) is 5.56 Å². The van der Waals surface area contributed by atoms with Crippen LogP contribution in [0.4, 0.5) is 0 Å². The van der Waals surface area contributed by atoms with Crippen LogP contribution in [0.1, 0.15) is 34.3 Å². The average Bonchev–Trinajstić information content (AvgIpc) is 3.28. The molecule has 3 rings (SSSR count). The minimum absolute atomic E-state index is 0.0570. The smallest absolute Gasteiger partial charge is 0.251 e. The first-order valence-corrected chi connectivity index (χ1v) is 7.03. The first kappa shape index (κ1) is 12.6. The van der Waals surface area contributed by atoms with Crippen LogP contribution in [0, 0.1) is 5.92 Å². The summed E-state index contributed by atoms with van der Waals surface area (Å²) in [5.74, 6) is 0.340. The number of aliphatic hydroxyl groups excluding tert-OH is 1. The lowest BCUT2D eigenvalue weighted by Gasteiger charge is -2.20. The number of aliphatic hydroxyl groups is 1. The Morgan fingerprint density at radius 1 is 1.47 bits per heavy atom. The fourth-order valence-electron chi connectivity index (χ4n) is 2.68. The summed E-state index contributed by atoms with van der Waals surface area (Å²) in [5, 5.41) is 16.0. The lowest BCUT2D eigenvalue weighted by molar-refractivity contribution is 0.0900. The molecule has 0 bridgehead atoms. The predicted octanol–water partition coefficient (Wildman–Crippen LogP) is 0.833. The molecule has 0 spiro atoms. The van der Waals surface area contributed by atoms with Crippen molar-refractivity contribution in [1.82, 2.24) is 10.6 Å². The highest BCUT2D eigenvalue weighted by molar-refractivity contribution is 5.96. The van der Waals surface area contributed by atoms with Crippen molar-refractivity contribution in [3.8, 4) is 0 Å². The summed E-state index contributed by atoms with van der Waals surface area (Å²) in [7, 11) is 0. The van der Waals surface area contributed by atoms with Gasteiger partial charge in [0.05, 0.1) is 6.10 Å². The summed E-state index contributed by atoms with van der Waals surface area (Å²) in [6.07, 6.45) is 2.68. The van der Waals surface area contributed by atoms with Gasteiger partial charge in [-0.1, -0.05) is 12.1 Å². The van der Waals surface area contributed by atoms with E-state index < -0.39 is 0 Å². The quantitative estimate of drug-likeness (QED) is 0.751. The number of fused-ring (bicyclic) bond motifs is 1. The zero-order valence-corrected chi connectivity index (χ0v) is 11.0. The number of carbonyl (C=O) groups is 1. The van der Waals surface area contributed by atoms with Crippen LogP contribution in [-0.2, 0) is 13.0 Å². The number of amides is 1. The Balaban J connectivity index is 1.68. The maximum Gasteiger partial charge on any atom is 0.251 e. The summed E-state index contributed by atoms with van der Waals surface area (Å²) in [6, 6.07) is 5.87. The van der Waals surface area contributed by atoms with Gasteiger partial charge in [0.1, 0.15) is 0 Å². The molecule has 19 heavy (non-hydrogen) atoms. The number of carbonyl (C=O) groups excluding carboxylic acids is 1. The van der Waals surface area contributed by atoms with Crippen LogP contribution in [0.5, 0.6) is 0 Å².